The quantitative estimate of drug-likeness (QED) is 0.697. The number of benzene rings is 1. The summed E-state index contributed by atoms with van der Waals surface area (Å²) in [5.41, 5.74) is 2.03. The van der Waals surface area contributed by atoms with Gasteiger partial charge in [-0.25, -0.2) is 0 Å². The number of aryl methyl sites for hydroxylation is 2. The van der Waals surface area contributed by atoms with Crippen LogP contribution in [-0.4, -0.2) is 66.6 Å². The van der Waals surface area contributed by atoms with Crippen LogP contribution in [0.5, 0.6) is 5.75 Å². The maximum atomic E-state index is 12.9. The monoisotopic (exact) mass is 435 g/mol. The van der Waals surface area contributed by atoms with Crippen LogP contribution in [0.2, 0.25) is 5.02 Å². The maximum absolute atomic E-state index is 12.9. The molecule has 1 amide bonds. The number of hydrogen-bond acceptors (Lipinski definition) is 4. The molecule has 30 heavy (non-hydrogen) atoms. The Morgan fingerprint density at radius 2 is 1.73 bits per heavy atom. The van der Waals surface area contributed by atoms with Crippen molar-refractivity contribution in [3.05, 3.63) is 28.3 Å². The van der Waals surface area contributed by atoms with E-state index in [-0.39, 0.29) is 11.4 Å². The zero-order valence-electron chi connectivity index (χ0n) is 19.1. The average molecular weight is 436 g/mol. The fraction of sp³-hybridized carbons (Fsp3) is 0.708. The summed E-state index contributed by atoms with van der Waals surface area (Å²) in [6, 6.07) is 3.80. The minimum atomic E-state index is -0.539. The van der Waals surface area contributed by atoms with Gasteiger partial charge in [0.15, 0.2) is 6.10 Å². The molecule has 0 spiro atoms. The van der Waals surface area contributed by atoms with Crippen LogP contribution in [0.3, 0.4) is 0 Å². The predicted molar refractivity (Wildman–Crippen MR) is 124 cm³/mol. The Morgan fingerprint density at radius 3 is 2.30 bits per heavy atom. The molecule has 1 aromatic carbocycles. The van der Waals surface area contributed by atoms with Crippen LogP contribution < -0.4 is 10.1 Å². The summed E-state index contributed by atoms with van der Waals surface area (Å²) in [4.78, 5) is 18.0. The first-order valence-electron chi connectivity index (χ1n) is 11.5. The highest BCUT2D eigenvalue weighted by molar-refractivity contribution is 6.32. The van der Waals surface area contributed by atoms with Gasteiger partial charge in [0.25, 0.3) is 5.91 Å². The van der Waals surface area contributed by atoms with Gasteiger partial charge < -0.3 is 15.0 Å². The lowest BCUT2D eigenvalue weighted by molar-refractivity contribution is -0.128. The van der Waals surface area contributed by atoms with E-state index in [0.717, 1.165) is 48.9 Å². The number of carbonyl (C=O) groups is 1. The summed E-state index contributed by atoms with van der Waals surface area (Å²) in [5, 5.41) is 3.98. The molecule has 168 valence electrons. The molecule has 1 saturated carbocycles. The Labute approximate surface area is 187 Å². The maximum Gasteiger partial charge on any atom is 0.260 e. The van der Waals surface area contributed by atoms with Gasteiger partial charge in [0.2, 0.25) is 0 Å². The van der Waals surface area contributed by atoms with Crippen molar-refractivity contribution in [3.8, 4) is 5.75 Å². The van der Waals surface area contributed by atoms with Crippen molar-refractivity contribution in [1.29, 1.82) is 0 Å². The molecule has 1 saturated heterocycles. The summed E-state index contributed by atoms with van der Waals surface area (Å²) in [7, 11) is 0. The van der Waals surface area contributed by atoms with E-state index < -0.39 is 6.10 Å². The van der Waals surface area contributed by atoms with Crippen LogP contribution in [0.4, 0.5) is 0 Å². The molecule has 1 heterocycles. The molecule has 2 aliphatic rings. The molecule has 1 N–H and O–H groups in total. The van der Waals surface area contributed by atoms with Gasteiger partial charge in [-0.05, 0) is 63.4 Å². The van der Waals surface area contributed by atoms with Gasteiger partial charge in [-0.1, -0.05) is 37.8 Å². The second-order valence-electron chi connectivity index (χ2n) is 9.06. The topological polar surface area (TPSA) is 44.8 Å². The van der Waals surface area contributed by atoms with Crippen LogP contribution in [0.1, 0.15) is 57.1 Å². The molecule has 0 radical (unpaired) electrons. The van der Waals surface area contributed by atoms with Crippen LogP contribution in [-0.2, 0) is 4.79 Å². The van der Waals surface area contributed by atoms with Gasteiger partial charge in [0.1, 0.15) is 5.75 Å². The molecule has 5 nitrogen and oxygen atoms in total. The highest BCUT2D eigenvalue weighted by atomic mass is 35.5. The predicted octanol–water partition coefficient (Wildman–Crippen LogP) is 4.18. The number of ether oxygens (including phenoxy) is 1. The Hall–Kier alpha value is -1.30. The normalized spacial score (nSPS) is 21.2. The van der Waals surface area contributed by atoms with Crippen molar-refractivity contribution < 1.29 is 9.53 Å². The number of halogens is 1. The molecule has 2 fully saturated rings. The Morgan fingerprint density at radius 1 is 1.13 bits per heavy atom. The van der Waals surface area contributed by atoms with E-state index in [1.807, 2.05) is 32.9 Å². The number of likely N-dealkylation sites (N-methyl/N-ethyl adjacent to an activating group) is 1. The van der Waals surface area contributed by atoms with Crippen LogP contribution in [0.15, 0.2) is 12.1 Å². The number of carbonyl (C=O) groups excluding carboxylic acids is 1. The standard InChI is InChI=1S/C24H38ClN3O2/c1-5-27-11-13-28(14-12-27)24(9-7-6-8-10-24)17-26-23(29)20(4)30-21-15-18(2)22(25)19(3)16-21/h15-16,20H,5-14,17H2,1-4H3,(H,26,29). The molecular weight excluding hydrogens is 398 g/mol. The number of rotatable bonds is 7. The number of piperazine rings is 1. The minimum Gasteiger partial charge on any atom is -0.481 e. The lowest BCUT2D eigenvalue weighted by Gasteiger charge is -2.50. The van der Waals surface area contributed by atoms with Crippen LogP contribution in [0, 0.1) is 13.8 Å². The summed E-state index contributed by atoms with van der Waals surface area (Å²) < 4.78 is 5.95. The van der Waals surface area contributed by atoms with Crippen molar-refractivity contribution in [3.63, 3.8) is 0 Å². The first-order chi connectivity index (χ1) is 14.3. The fourth-order valence-electron chi connectivity index (χ4n) is 4.98. The number of nitrogens with zero attached hydrogens (tertiary/aromatic N) is 2. The van der Waals surface area contributed by atoms with Gasteiger partial charge in [-0.15, -0.1) is 0 Å². The molecule has 6 heteroatoms. The zero-order chi connectivity index (χ0) is 21.7. The van der Waals surface area contributed by atoms with Crippen LogP contribution in [0.25, 0.3) is 0 Å². The minimum absolute atomic E-state index is 0.0441. The molecule has 3 rings (SSSR count). The molecule has 0 aromatic heterocycles. The first kappa shape index (κ1) is 23.4. The first-order valence-corrected chi connectivity index (χ1v) is 11.9. The molecule has 1 aliphatic carbocycles. The second kappa shape index (κ2) is 10.3. The summed E-state index contributed by atoms with van der Waals surface area (Å²) >= 11 is 6.25. The smallest absolute Gasteiger partial charge is 0.260 e. The fourth-order valence-corrected chi connectivity index (χ4v) is 5.09. The summed E-state index contributed by atoms with van der Waals surface area (Å²) in [6.07, 6.45) is 5.61. The molecule has 1 atom stereocenters. The van der Waals surface area contributed by atoms with E-state index in [1.54, 1.807) is 0 Å². The van der Waals surface area contributed by atoms with E-state index in [1.165, 1.54) is 32.1 Å². The number of amides is 1. The van der Waals surface area contributed by atoms with Gasteiger partial charge >= 0.3 is 0 Å². The Bertz CT molecular complexity index is 702. The van der Waals surface area contributed by atoms with E-state index in [0.29, 0.717) is 12.3 Å². The van der Waals surface area contributed by atoms with Gasteiger partial charge in [-0.2, -0.15) is 0 Å². The van der Waals surface area contributed by atoms with Crippen molar-refractivity contribution >= 4 is 17.5 Å². The third-order valence-corrected chi connectivity index (χ3v) is 7.55. The third-order valence-electron chi connectivity index (χ3n) is 6.96. The Kier molecular flexibility index (Phi) is 8.05. The Balaban J connectivity index is 1.60. The van der Waals surface area contributed by atoms with Crippen molar-refractivity contribution in [1.82, 2.24) is 15.1 Å². The SMILES string of the molecule is CCN1CCN(C2(CNC(=O)C(C)Oc3cc(C)c(Cl)c(C)c3)CCCCC2)CC1. The summed E-state index contributed by atoms with van der Waals surface area (Å²) in [6.45, 7) is 14.2. The highest BCUT2D eigenvalue weighted by Crippen LogP contribution is 2.34. The lowest BCUT2D eigenvalue weighted by atomic mass is 9.79. The van der Waals surface area contributed by atoms with E-state index >= 15 is 0 Å². The zero-order valence-corrected chi connectivity index (χ0v) is 19.9. The average Bonchev–Trinajstić information content (AvgIpc) is 2.76. The van der Waals surface area contributed by atoms with E-state index in [4.69, 9.17) is 16.3 Å². The van der Waals surface area contributed by atoms with Crippen molar-refractivity contribution in [2.75, 3.05) is 39.3 Å². The molecular formula is C24H38ClN3O2. The van der Waals surface area contributed by atoms with Crippen LogP contribution >= 0.6 is 11.6 Å². The van der Waals surface area contributed by atoms with E-state index in [2.05, 4.69) is 22.0 Å². The second-order valence-corrected chi connectivity index (χ2v) is 9.43. The largest absolute Gasteiger partial charge is 0.481 e. The van der Waals surface area contributed by atoms with Crippen molar-refractivity contribution in [2.24, 2.45) is 0 Å². The molecule has 1 aromatic rings. The van der Waals surface area contributed by atoms with Gasteiger partial charge in [-0.3, -0.25) is 9.69 Å². The van der Waals surface area contributed by atoms with Gasteiger partial charge in [0, 0.05) is 43.3 Å². The molecule has 1 unspecified atom stereocenters. The van der Waals surface area contributed by atoms with Gasteiger partial charge in [0.05, 0.1) is 0 Å². The van der Waals surface area contributed by atoms with Crippen molar-refractivity contribution in [2.45, 2.75) is 71.4 Å². The lowest BCUT2D eigenvalue weighted by Crippen LogP contribution is -2.62. The molecule has 1 aliphatic heterocycles. The summed E-state index contributed by atoms with van der Waals surface area (Å²) in [5.74, 6) is 0.650. The number of hydrogen-bond donors (Lipinski definition) is 1. The molecule has 0 bridgehead atoms. The third kappa shape index (κ3) is 5.49. The number of nitrogens with one attached hydrogen (secondary N) is 1. The van der Waals surface area contributed by atoms with E-state index in [9.17, 15) is 4.79 Å². The highest BCUT2D eigenvalue weighted by Gasteiger charge is 2.39.